The largest absolute Gasteiger partial charge is 0.497 e. The van der Waals surface area contributed by atoms with Gasteiger partial charge in [0, 0.05) is 5.56 Å². The molecule has 1 aromatic heterocycles. The minimum absolute atomic E-state index is 0.00414. The van der Waals surface area contributed by atoms with Crippen LogP contribution in [0, 0.1) is 5.82 Å². The maximum atomic E-state index is 13.8. The van der Waals surface area contributed by atoms with Crippen LogP contribution in [0.5, 0.6) is 11.5 Å². The van der Waals surface area contributed by atoms with Gasteiger partial charge in [-0.15, -0.1) is 0 Å². The normalized spacial score (nSPS) is 11.6. The number of ether oxygens (including phenoxy) is 2. The smallest absolute Gasteiger partial charge is 0.265 e. The molecular formula is C24H20FN3O4. The van der Waals surface area contributed by atoms with E-state index in [0.29, 0.717) is 17.1 Å². The Hall–Kier alpha value is -4.20. The third kappa shape index (κ3) is 4.59. The average Bonchev–Trinajstić information content (AvgIpc) is 3.31. The quantitative estimate of drug-likeness (QED) is 0.443. The number of benzene rings is 3. The highest BCUT2D eigenvalue weighted by atomic mass is 19.1. The van der Waals surface area contributed by atoms with Gasteiger partial charge in [0.05, 0.1) is 18.4 Å². The molecule has 0 bridgehead atoms. The Kier molecular flexibility index (Phi) is 6.12. The number of aromatic nitrogens is 2. The fourth-order valence-corrected chi connectivity index (χ4v) is 2.99. The number of anilines is 1. The van der Waals surface area contributed by atoms with Gasteiger partial charge in [-0.05, 0) is 55.5 Å². The van der Waals surface area contributed by atoms with Crippen LogP contribution >= 0.6 is 0 Å². The minimum atomic E-state index is -0.933. The van der Waals surface area contributed by atoms with Gasteiger partial charge in [0.1, 0.15) is 5.75 Å². The van der Waals surface area contributed by atoms with E-state index in [-0.39, 0.29) is 11.6 Å². The second-order valence-corrected chi connectivity index (χ2v) is 6.88. The van der Waals surface area contributed by atoms with Gasteiger partial charge in [0.2, 0.25) is 5.82 Å². The summed E-state index contributed by atoms with van der Waals surface area (Å²) < 4.78 is 29.9. The molecule has 0 spiro atoms. The maximum absolute atomic E-state index is 13.8. The number of carbonyl (C=O) groups is 1. The Labute approximate surface area is 183 Å². The molecule has 32 heavy (non-hydrogen) atoms. The van der Waals surface area contributed by atoms with E-state index >= 15 is 0 Å². The average molecular weight is 433 g/mol. The van der Waals surface area contributed by atoms with Crippen molar-refractivity contribution in [3.05, 3.63) is 78.6 Å². The van der Waals surface area contributed by atoms with Crippen LogP contribution in [0.4, 0.5) is 10.1 Å². The van der Waals surface area contributed by atoms with E-state index in [1.165, 1.54) is 12.1 Å². The van der Waals surface area contributed by atoms with Crippen molar-refractivity contribution in [2.45, 2.75) is 13.0 Å². The second kappa shape index (κ2) is 9.30. The van der Waals surface area contributed by atoms with Crippen molar-refractivity contribution in [2.24, 2.45) is 0 Å². The van der Waals surface area contributed by atoms with E-state index in [9.17, 15) is 9.18 Å². The molecule has 0 unspecified atom stereocenters. The first-order chi connectivity index (χ1) is 15.5. The van der Waals surface area contributed by atoms with Crippen LogP contribution in [-0.4, -0.2) is 29.3 Å². The van der Waals surface area contributed by atoms with E-state index in [2.05, 4.69) is 15.5 Å². The zero-order valence-corrected chi connectivity index (χ0v) is 17.4. The van der Waals surface area contributed by atoms with Gasteiger partial charge in [-0.3, -0.25) is 4.79 Å². The molecule has 4 rings (SSSR count). The van der Waals surface area contributed by atoms with Crippen molar-refractivity contribution in [3.8, 4) is 34.3 Å². The van der Waals surface area contributed by atoms with Crippen molar-refractivity contribution in [1.82, 2.24) is 10.1 Å². The van der Waals surface area contributed by atoms with Gasteiger partial charge in [-0.2, -0.15) is 4.98 Å². The summed E-state index contributed by atoms with van der Waals surface area (Å²) in [5, 5.41) is 6.82. The van der Waals surface area contributed by atoms with Gasteiger partial charge in [-0.1, -0.05) is 29.4 Å². The molecule has 1 N–H and O–H groups in total. The number of nitrogens with zero attached hydrogens (tertiary/aromatic N) is 2. The number of nitrogens with one attached hydrogen (secondary N) is 1. The van der Waals surface area contributed by atoms with Crippen molar-refractivity contribution in [3.63, 3.8) is 0 Å². The molecule has 0 saturated heterocycles. The highest BCUT2D eigenvalue weighted by molar-refractivity contribution is 5.97. The molecule has 0 aliphatic rings. The highest BCUT2D eigenvalue weighted by Crippen LogP contribution is 2.29. The third-order valence-corrected chi connectivity index (χ3v) is 4.70. The third-order valence-electron chi connectivity index (χ3n) is 4.70. The molecule has 4 aromatic rings. The summed E-state index contributed by atoms with van der Waals surface area (Å²) in [5.74, 6) is 0.385. The maximum Gasteiger partial charge on any atom is 0.265 e. The molecule has 162 valence electrons. The Balaban J connectivity index is 1.52. The van der Waals surface area contributed by atoms with Crippen molar-refractivity contribution in [2.75, 3.05) is 12.4 Å². The summed E-state index contributed by atoms with van der Waals surface area (Å²) in [7, 11) is 1.59. The SMILES string of the molecule is COc1ccc(-c2noc(-c3ccccc3NC(=O)[C@@H](C)Oc3ccccc3F)n2)cc1. The fourth-order valence-electron chi connectivity index (χ4n) is 2.99. The van der Waals surface area contributed by atoms with Crippen LogP contribution in [0.25, 0.3) is 22.8 Å². The van der Waals surface area contributed by atoms with Crippen LogP contribution in [0.3, 0.4) is 0 Å². The molecule has 8 heteroatoms. The lowest BCUT2D eigenvalue weighted by atomic mass is 10.1. The van der Waals surface area contributed by atoms with Crippen LogP contribution in [0.15, 0.2) is 77.3 Å². The molecule has 0 aliphatic heterocycles. The lowest BCUT2D eigenvalue weighted by molar-refractivity contribution is -0.122. The van der Waals surface area contributed by atoms with Crippen molar-refractivity contribution in [1.29, 1.82) is 0 Å². The number of carbonyl (C=O) groups excluding carboxylic acids is 1. The number of hydrogen-bond acceptors (Lipinski definition) is 6. The lowest BCUT2D eigenvalue weighted by Crippen LogP contribution is -2.30. The molecule has 0 saturated carbocycles. The summed E-state index contributed by atoms with van der Waals surface area (Å²) >= 11 is 0. The molecule has 1 amide bonds. The summed E-state index contributed by atoms with van der Waals surface area (Å²) in [4.78, 5) is 17.1. The summed E-state index contributed by atoms with van der Waals surface area (Å²) in [5.41, 5.74) is 1.77. The number of halogens is 1. The predicted molar refractivity (Wildman–Crippen MR) is 117 cm³/mol. The summed E-state index contributed by atoms with van der Waals surface area (Å²) in [6.45, 7) is 1.54. The first kappa shape index (κ1) is 21.0. The van der Waals surface area contributed by atoms with Crippen LogP contribution in [-0.2, 0) is 4.79 Å². The molecule has 7 nitrogen and oxygen atoms in total. The highest BCUT2D eigenvalue weighted by Gasteiger charge is 2.20. The molecule has 1 heterocycles. The Morgan fingerprint density at radius 1 is 1.03 bits per heavy atom. The van der Waals surface area contributed by atoms with E-state index in [1.54, 1.807) is 62.6 Å². The Bertz CT molecular complexity index is 1220. The second-order valence-electron chi connectivity index (χ2n) is 6.88. The molecule has 0 radical (unpaired) electrons. The van der Waals surface area contributed by atoms with Crippen LogP contribution < -0.4 is 14.8 Å². The molecule has 1 atom stereocenters. The van der Waals surface area contributed by atoms with Gasteiger partial charge in [-0.25, -0.2) is 4.39 Å². The predicted octanol–water partition coefficient (Wildman–Crippen LogP) is 4.96. The molecule has 3 aromatic carbocycles. The fraction of sp³-hybridized carbons (Fsp3) is 0.125. The monoisotopic (exact) mass is 433 g/mol. The topological polar surface area (TPSA) is 86.5 Å². The summed E-state index contributed by atoms with van der Waals surface area (Å²) in [6, 6.07) is 20.2. The Morgan fingerprint density at radius 2 is 1.75 bits per heavy atom. The minimum Gasteiger partial charge on any atom is -0.497 e. The summed E-state index contributed by atoms with van der Waals surface area (Å²) in [6.07, 6.45) is -0.933. The van der Waals surface area contributed by atoms with Gasteiger partial charge >= 0.3 is 0 Å². The lowest BCUT2D eigenvalue weighted by Gasteiger charge is -2.16. The number of hydrogen-bond donors (Lipinski definition) is 1. The van der Waals surface area contributed by atoms with Crippen molar-refractivity contribution < 1.29 is 23.2 Å². The van der Waals surface area contributed by atoms with Crippen LogP contribution in [0.1, 0.15) is 6.92 Å². The zero-order chi connectivity index (χ0) is 22.5. The number of para-hydroxylation sites is 2. The molecule has 0 fully saturated rings. The zero-order valence-electron chi connectivity index (χ0n) is 17.4. The van der Waals surface area contributed by atoms with Crippen molar-refractivity contribution >= 4 is 11.6 Å². The number of methoxy groups -OCH3 is 1. The number of rotatable bonds is 7. The first-order valence-electron chi connectivity index (χ1n) is 9.84. The first-order valence-corrected chi connectivity index (χ1v) is 9.84. The Morgan fingerprint density at radius 3 is 2.50 bits per heavy atom. The van der Waals surface area contributed by atoms with Gasteiger partial charge in [0.25, 0.3) is 11.8 Å². The van der Waals surface area contributed by atoms with E-state index in [4.69, 9.17) is 14.0 Å². The van der Waals surface area contributed by atoms with Gasteiger partial charge < -0.3 is 19.3 Å². The van der Waals surface area contributed by atoms with Gasteiger partial charge in [0.15, 0.2) is 17.7 Å². The molecule has 0 aliphatic carbocycles. The number of amides is 1. The molecular weight excluding hydrogens is 413 g/mol. The van der Waals surface area contributed by atoms with E-state index < -0.39 is 17.8 Å². The van der Waals surface area contributed by atoms with E-state index in [1.807, 2.05) is 12.1 Å². The van der Waals surface area contributed by atoms with E-state index in [0.717, 1.165) is 11.3 Å². The van der Waals surface area contributed by atoms with Crippen LogP contribution in [0.2, 0.25) is 0 Å². The standard InChI is InChI=1S/C24H20FN3O4/c1-15(31-21-10-6-4-8-19(21)25)23(29)26-20-9-5-3-7-18(20)24-27-22(28-32-24)16-11-13-17(30-2)14-12-16/h3-15H,1-2H3,(H,26,29)/t15-/m1/s1.